The summed E-state index contributed by atoms with van der Waals surface area (Å²) in [6.45, 7) is 3.37. The molecule has 11 heteroatoms. The highest BCUT2D eigenvalue weighted by Crippen LogP contribution is 2.41. The van der Waals surface area contributed by atoms with Crippen molar-refractivity contribution in [1.29, 1.82) is 0 Å². The second kappa shape index (κ2) is 8.39. The maximum absolute atomic E-state index is 13.7. The average Bonchev–Trinajstić information content (AvgIpc) is 3.34. The number of halogens is 3. The fraction of sp³-hybridized carbons (Fsp3) is 1.00. The molecule has 1 saturated carbocycles. The van der Waals surface area contributed by atoms with Crippen molar-refractivity contribution in [3.05, 3.63) is 0 Å². The van der Waals surface area contributed by atoms with Crippen molar-refractivity contribution in [3.63, 3.8) is 0 Å². The SMILES string of the molecule is O=S(=O)(C1CNN(C2CC(C(F)(F)F)CCN2)C1)N1CCCN2CCC3CCCC1C32. The van der Waals surface area contributed by atoms with E-state index >= 15 is 0 Å². The molecule has 6 unspecified atom stereocenters. The quantitative estimate of drug-likeness (QED) is 0.656. The summed E-state index contributed by atoms with van der Waals surface area (Å²) < 4.78 is 68.8. The van der Waals surface area contributed by atoms with E-state index in [0.29, 0.717) is 18.5 Å². The highest BCUT2D eigenvalue weighted by Gasteiger charge is 2.51. The van der Waals surface area contributed by atoms with Crippen LogP contribution in [0.2, 0.25) is 0 Å². The summed E-state index contributed by atoms with van der Waals surface area (Å²) in [7, 11) is -3.54. The fourth-order valence-corrected chi connectivity index (χ4v) is 8.70. The molecule has 5 fully saturated rings. The molecule has 0 aromatic heterocycles. The molecule has 4 heterocycles. The Morgan fingerprint density at radius 1 is 0.968 bits per heavy atom. The molecule has 178 valence electrons. The van der Waals surface area contributed by atoms with Crippen molar-refractivity contribution in [3.8, 4) is 0 Å². The van der Waals surface area contributed by atoms with E-state index in [2.05, 4.69) is 15.6 Å². The lowest BCUT2D eigenvalue weighted by Gasteiger charge is -2.42. The first kappa shape index (κ1) is 22.3. The molecule has 0 aromatic carbocycles. The summed E-state index contributed by atoms with van der Waals surface area (Å²) in [5.74, 6) is -0.743. The third kappa shape index (κ3) is 4.14. The number of piperidine rings is 1. The Hall–Kier alpha value is -0.460. The number of sulfonamides is 1. The first-order chi connectivity index (χ1) is 14.7. The number of nitrogens with one attached hydrogen (secondary N) is 2. The molecule has 0 aromatic rings. The van der Waals surface area contributed by atoms with Gasteiger partial charge in [0.05, 0.1) is 12.1 Å². The van der Waals surface area contributed by atoms with E-state index in [-0.39, 0.29) is 38.5 Å². The predicted octanol–water partition coefficient (Wildman–Crippen LogP) is 1.34. The molecule has 4 saturated heterocycles. The van der Waals surface area contributed by atoms with Crippen LogP contribution >= 0.6 is 0 Å². The van der Waals surface area contributed by atoms with Crippen LogP contribution in [0.4, 0.5) is 13.2 Å². The van der Waals surface area contributed by atoms with Gasteiger partial charge in [0.1, 0.15) is 5.25 Å². The molecular formula is C20H34F3N5O2S. The van der Waals surface area contributed by atoms with Crippen molar-refractivity contribution < 1.29 is 21.6 Å². The molecule has 5 rings (SSSR count). The molecule has 0 bridgehead atoms. The second-order valence-electron chi connectivity index (χ2n) is 9.95. The first-order valence-electron chi connectivity index (χ1n) is 11.8. The molecule has 31 heavy (non-hydrogen) atoms. The van der Waals surface area contributed by atoms with Crippen molar-refractivity contribution in [2.75, 3.05) is 39.3 Å². The Morgan fingerprint density at radius 3 is 2.61 bits per heavy atom. The molecule has 1 aliphatic carbocycles. The zero-order valence-electron chi connectivity index (χ0n) is 17.9. The van der Waals surface area contributed by atoms with Crippen LogP contribution < -0.4 is 10.7 Å². The number of alkyl halides is 3. The van der Waals surface area contributed by atoms with Gasteiger partial charge in [0, 0.05) is 31.7 Å². The highest BCUT2D eigenvalue weighted by atomic mass is 32.2. The second-order valence-corrected chi connectivity index (χ2v) is 12.1. The van der Waals surface area contributed by atoms with E-state index in [1.807, 2.05) is 0 Å². The highest BCUT2D eigenvalue weighted by molar-refractivity contribution is 7.89. The van der Waals surface area contributed by atoms with Crippen molar-refractivity contribution in [1.82, 2.24) is 25.0 Å². The summed E-state index contributed by atoms with van der Waals surface area (Å²) in [5, 5.41) is 4.22. The zero-order valence-corrected chi connectivity index (χ0v) is 18.7. The van der Waals surface area contributed by atoms with Gasteiger partial charge >= 0.3 is 6.18 Å². The smallest absolute Gasteiger partial charge is 0.301 e. The van der Waals surface area contributed by atoms with Gasteiger partial charge in [-0.2, -0.15) is 17.5 Å². The average molecular weight is 466 g/mol. The summed E-state index contributed by atoms with van der Waals surface area (Å²) in [4.78, 5) is 2.51. The molecule has 6 atom stereocenters. The Bertz CT molecular complexity index is 766. The lowest BCUT2D eigenvalue weighted by Crippen LogP contribution is -2.56. The van der Waals surface area contributed by atoms with Crippen LogP contribution in [0.15, 0.2) is 0 Å². The number of rotatable bonds is 3. The van der Waals surface area contributed by atoms with Gasteiger partial charge in [-0.25, -0.2) is 13.4 Å². The van der Waals surface area contributed by atoms with Crippen LogP contribution in [0.5, 0.6) is 0 Å². The van der Waals surface area contributed by atoms with Gasteiger partial charge in [0.2, 0.25) is 10.0 Å². The summed E-state index contributed by atoms with van der Waals surface area (Å²) in [5.41, 5.74) is 3.10. The molecule has 0 spiro atoms. The van der Waals surface area contributed by atoms with Gasteiger partial charge in [-0.15, -0.1) is 0 Å². The standard InChI is InChI=1S/C20H34F3N5O2S/c21-20(22,23)15-5-7-24-18(11-15)27-13-16(12-25-27)31(29,30)28-9-2-8-26-10-6-14-3-1-4-17(28)19(14)26/h14-19,24-25H,1-13H2. The lowest BCUT2D eigenvalue weighted by molar-refractivity contribution is -0.187. The van der Waals surface area contributed by atoms with E-state index in [1.54, 1.807) is 9.31 Å². The van der Waals surface area contributed by atoms with Crippen LogP contribution in [-0.4, -0.2) is 91.6 Å². The third-order valence-electron chi connectivity index (χ3n) is 8.24. The summed E-state index contributed by atoms with van der Waals surface area (Å²) in [6, 6.07) is 0.384. The van der Waals surface area contributed by atoms with Gasteiger partial charge in [0.25, 0.3) is 0 Å². The fourth-order valence-electron chi connectivity index (χ4n) is 6.69. The monoisotopic (exact) mass is 465 g/mol. The normalized spacial score (nSPS) is 41.3. The third-order valence-corrected chi connectivity index (χ3v) is 10.5. The van der Waals surface area contributed by atoms with E-state index in [4.69, 9.17) is 0 Å². The maximum Gasteiger partial charge on any atom is 0.391 e. The molecule has 5 aliphatic rings. The molecule has 0 amide bonds. The van der Waals surface area contributed by atoms with E-state index in [9.17, 15) is 21.6 Å². The van der Waals surface area contributed by atoms with Crippen molar-refractivity contribution in [2.24, 2.45) is 11.8 Å². The van der Waals surface area contributed by atoms with Crippen LogP contribution in [0.25, 0.3) is 0 Å². The molecular weight excluding hydrogens is 431 g/mol. The van der Waals surface area contributed by atoms with Crippen LogP contribution in [0, 0.1) is 11.8 Å². The van der Waals surface area contributed by atoms with E-state index in [1.165, 1.54) is 12.8 Å². The summed E-state index contributed by atoms with van der Waals surface area (Å²) in [6.07, 6.45) is 0.527. The topological polar surface area (TPSA) is 67.9 Å². The van der Waals surface area contributed by atoms with Gasteiger partial charge in [-0.05, 0) is 64.1 Å². The van der Waals surface area contributed by atoms with Crippen LogP contribution in [0.3, 0.4) is 0 Å². The number of nitrogens with zero attached hydrogens (tertiary/aromatic N) is 3. The summed E-state index contributed by atoms with van der Waals surface area (Å²) >= 11 is 0. The largest absolute Gasteiger partial charge is 0.391 e. The Balaban J connectivity index is 1.29. The first-order valence-corrected chi connectivity index (χ1v) is 13.3. The Morgan fingerprint density at radius 2 is 1.81 bits per heavy atom. The zero-order chi connectivity index (χ0) is 21.8. The van der Waals surface area contributed by atoms with Gasteiger partial charge in [-0.1, -0.05) is 6.42 Å². The van der Waals surface area contributed by atoms with Crippen molar-refractivity contribution >= 4 is 10.0 Å². The van der Waals surface area contributed by atoms with Gasteiger partial charge in [-0.3, -0.25) is 10.3 Å². The minimum Gasteiger partial charge on any atom is -0.301 e. The lowest BCUT2D eigenvalue weighted by atomic mass is 9.81. The van der Waals surface area contributed by atoms with Crippen molar-refractivity contribution in [2.45, 2.75) is 74.6 Å². The maximum atomic E-state index is 13.7. The Kier molecular flexibility index (Phi) is 6.05. The molecule has 2 N–H and O–H groups in total. The number of hydrogen-bond donors (Lipinski definition) is 2. The van der Waals surface area contributed by atoms with E-state index < -0.39 is 33.5 Å². The Labute approximate surface area is 182 Å². The molecule has 4 aliphatic heterocycles. The number of hydrogen-bond acceptors (Lipinski definition) is 6. The predicted molar refractivity (Wildman–Crippen MR) is 110 cm³/mol. The molecule has 7 nitrogen and oxygen atoms in total. The minimum atomic E-state index is -4.21. The van der Waals surface area contributed by atoms with Gasteiger partial charge in [0.15, 0.2) is 0 Å². The molecule has 0 radical (unpaired) electrons. The number of hydrazine groups is 1. The van der Waals surface area contributed by atoms with Crippen LogP contribution in [-0.2, 0) is 10.0 Å². The minimum absolute atomic E-state index is 0.0465. The van der Waals surface area contributed by atoms with Crippen LogP contribution in [0.1, 0.15) is 44.9 Å². The van der Waals surface area contributed by atoms with E-state index in [0.717, 1.165) is 32.4 Å². The van der Waals surface area contributed by atoms with Gasteiger partial charge < -0.3 is 5.32 Å².